The van der Waals surface area contributed by atoms with Crippen LogP contribution in [0.2, 0.25) is 0 Å². The van der Waals surface area contributed by atoms with Crippen LogP contribution in [0, 0.1) is 23.0 Å². The minimum absolute atomic E-state index is 0.0146. The standard InChI is InChI=1S/C14H21N3O3/c1-10-5-7-14(18,8-6-10)9-15-13-4-3-12(17(19)20)11(2)16-13/h3-4,10,18H,5-9H2,1-2H3,(H,15,16). The van der Waals surface area contributed by atoms with Gasteiger partial charge in [-0.1, -0.05) is 6.92 Å². The van der Waals surface area contributed by atoms with Gasteiger partial charge in [-0.3, -0.25) is 10.1 Å². The number of nitrogens with zero attached hydrogens (tertiary/aromatic N) is 2. The normalized spacial score (nSPS) is 26.2. The fraction of sp³-hybridized carbons (Fsp3) is 0.643. The van der Waals surface area contributed by atoms with Gasteiger partial charge in [0, 0.05) is 12.6 Å². The van der Waals surface area contributed by atoms with Gasteiger partial charge in [-0.2, -0.15) is 0 Å². The van der Waals surface area contributed by atoms with Crippen LogP contribution in [0.25, 0.3) is 0 Å². The molecule has 1 fully saturated rings. The predicted molar refractivity (Wildman–Crippen MR) is 76.7 cm³/mol. The molecule has 0 unspecified atom stereocenters. The number of anilines is 1. The number of hydrogen-bond donors (Lipinski definition) is 2. The number of aromatic nitrogens is 1. The highest BCUT2D eigenvalue weighted by atomic mass is 16.6. The van der Waals surface area contributed by atoms with Gasteiger partial charge in [-0.15, -0.1) is 0 Å². The molecule has 0 spiro atoms. The topological polar surface area (TPSA) is 88.3 Å². The Hall–Kier alpha value is -1.69. The summed E-state index contributed by atoms with van der Waals surface area (Å²) in [5.74, 6) is 1.25. The van der Waals surface area contributed by atoms with Crippen molar-refractivity contribution in [1.82, 2.24) is 4.98 Å². The van der Waals surface area contributed by atoms with E-state index in [1.54, 1.807) is 13.0 Å². The van der Waals surface area contributed by atoms with Crippen LogP contribution in [0.15, 0.2) is 12.1 Å². The van der Waals surface area contributed by atoms with Gasteiger partial charge in [0.25, 0.3) is 5.69 Å². The molecular formula is C14H21N3O3. The van der Waals surface area contributed by atoms with Crippen molar-refractivity contribution in [2.75, 3.05) is 11.9 Å². The average molecular weight is 279 g/mol. The van der Waals surface area contributed by atoms with E-state index in [9.17, 15) is 15.2 Å². The van der Waals surface area contributed by atoms with Crippen LogP contribution in [0.4, 0.5) is 11.5 Å². The van der Waals surface area contributed by atoms with Gasteiger partial charge in [-0.05, 0) is 44.6 Å². The summed E-state index contributed by atoms with van der Waals surface area (Å²) in [6.45, 7) is 4.25. The van der Waals surface area contributed by atoms with E-state index >= 15 is 0 Å². The fourth-order valence-corrected chi connectivity index (χ4v) is 2.58. The average Bonchev–Trinajstić information content (AvgIpc) is 2.40. The first-order valence-corrected chi connectivity index (χ1v) is 6.98. The maximum absolute atomic E-state index is 10.7. The van der Waals surface area contributed by atoms with E-state index < -0.39 is 10.5 Å². The van der Waals surface area contributed by atoms with Crippen LogP contribution in [0.1, 0.15) is 38.3 Å². The number of nitrogens with one attached hydrogen (secondary N) is 1. The van der Waals surface area contributed by atoms with E-state index in [-0.39, 0.29) is 5.69 Å². The van der Waals surface area contributed by atoms with Gasteiger partial charge in [0.05, 0.1) is 10.5 Å². The van der Waals surface area contributed by atoms with Gasteiger partial charge in [0.2, 0.25) is 0 Å². The summed E-state index contributed by atoms with van der Waals surface area (Å²) in [7, 11) is 0. The van der Waals surface area contributed by atoms with Crippen LogP contribution >= 0.6 is 0 Å². The Morgan fingerprint density at radius 3 is 2.70 bits per heavy atom. The zero-order valence-corrected chi connectivity index (χ0v) is 11.9. The van der Waals surface area contributed by atoms with Gasteiger partial charge in [0.15, 0.2) is 0 Å². The molecule has 6 nitrogen and oxygen atoms in total. The van der Waals surface area contributed by atoms with Crippen molar-refractivity contribution >= 4 is 11.5 Å². The maximum Gasteiger partial charge on any atom is 0.290 e. The van der Waals surface area contributed by atoms with Crippen LogP contribution in [-0.2, 0) is 0 Å². The number of nitro groups is 1. The van der Waals surface area contributed by atoms with E-state index in [2.05, 4.69) is 17.2 Å². The van der Waals surface area contributed by atoms with Crippen molar-refractivity contribution in [3.05, 3.63) is 27.9 Å². The summed E-state index contributed by atoms with van der Waals surface area (Å²) in [6.07, 6.45) is 3.63. The monoisotopic (exact) mass is 279 g/mol. The summed E-state index contributed by atoms with van der Waals surface area (Å²) in [6, 6.07) is 3.03. The lowest BCUT2D eigenvalue weighted by Gasteiger charge is -2.35. The van der Waals surface area contributed by atoms with Gasteiger partial charge < -0.3 is 10.4 Å². The minimum Gasteiger partial charge on any atom is -0.388 e. The molecule has 0 aliphatic heterocycles. The molecule has 0 aromatic carbocycles. The molecule has 2 rings (SSSR count). The molecule has 0 atom stereocenters. The van der Waals surface area contributed by atoms with Crippen LogP contribution in [0.5, 0.6) is 0 Å². The van der Waals surface area contributed by atoms with Crippen molar-refractivity contribution in [2.45, 2.75) is 45.1 Å². The molecule has 1 aromatic heterocycles. The third-order valence-corrected chi connectivity index (χ3v) is 4.06. The number of aliphatic hydroxyl groups is 1. The molecule has 0 amide bonds. The molecule has 2 N–H and O–H groups in total. The molecule has 20 heavy (non-hydrogen) atoms. The zero-order valence-electron chi connectivity index (χ0n) is 11.9. The molecule has 1 aromatic rings. The van der Waals surface area contributed by atoms with Crippen molar-refractivity contribution in [1.29, 1.82) is 0 Å². The second kappa shape index (κ2) is 5.75. The molecule has 1 aliphatic rings. The van der Waals surface area contributed by atoms with E-state index in [1.165, 1.54) is 6.07 Å². The molecule has 0 bridgehead atoms. The van der Waals surface area contributed by atoms with Gasteiger partial charge in [-0.25, -0.2) is 4.98 Å². The third kappa shape index (κ3) is 3.45. The second-order valence-corrected chi connectivity index (χ2v) is 5.82. The maximum atomic E-state index is 10.7. The lowest BCUT2D eigenvalue weighted by Crippen LogP contribution is -2.40. The Bertz CT molecular complexity index is 496. The Balaban J connectivity index is 1.97. The van der Waals surface area contributed by atoms with E-state index in [0.29, 0.717) is 24.0 Å². The number of rotatable bonds is 4. The molecule has 110 valence electrons. The summed E-state index contributed by atoms with van der Waals surface area (Å²) in [4.78, 5) is 14.4. The van der Waals surface area contributed by atoms with Crippen LogP contribution in [-0.4, -0.2) is 27.2 Å². The lowest BCUT2D eigenvalue weighted by atomic mass is 9.79. The first-order chi connectivity index (χ1) is 9.39. The second-order valence-electron chi connectivity index (χ2n) is 5.82. The largest absolute Gasteiger partial charge is 0.388 e. The van der Waals surface area contributed by atoms with Gasteiger partial charge in [0.1, 0.15) is 11.5 Å². The first kappa shape index (κ1) is 14.7. The summed E-state index contributed by atoms with van der Waals surface area (Å²) in [5.41, 5.74) is -0.297. The minimum atomic E-state index is -0.691. The number of pyridine rings is 1. The molecular weight excluding hydrogens is 258 g/mol. The summed E-state index contributed by atoms with van der Waals surface area (Å²) in [5, 5.41) is 24.3. The SMILES string of the molecule is Cc1nc(NCC2(O)CCC(C)CC2)ccc1[N+](=O)[O-]. The Labute approximate surface area is 118 Å². The third-order valence-electron chi connectivity index (χ3n) is 4.06. The molecule has 1 heterocycles. The van der Waals surface area contributed by atoms with Crippen LogP contribution < -0.4 is 5.32 Å². The number of hydrogen-bond acceptors (Lipinski definition) is 5. The van der Waals surface area contributed by atoms with E-state index in [0.717, 1.165) is 25.7 Å². The highest BCUT2D eigenvalue weighted by Gasteiger charge is 2.31. The zero-order chi connectivity index (χ0) is 14.8. The van der Waals surface area contributed by atoms with E-state index in [4.69, 9.17) is 0 Å². The lowest BCUT2D eigenvalue weighted by molar-refractivity contribution is -0.385. The summed E-state index contributed by atoms with van der Waals surface area (Å²) >= 11 is 0. The Kier molecular flexibility index (Phi) is 4.23. The Morgan fingerprint density at radius 1 is 1.50 bits per heavy atom. The Morgan fingerprint density at radius 2 is 2.15 bits per heavy atom. The van der Waals surface area contributed by atoms with Crippen molar-refractivity contribution < 1.29 is 10.0 Å². The molecule has 1 aliphatic carbocycles. The first-order valence-electron chi connectivity index (χ1n) is 6.98. The predicted octanol–water partition coefficient (Wildman–Crippen LogP) is 2.65. The highest BCUT2D eigenvalue weighted by molar-refractivity contribution is 5.45. The fourth-order valence-electron chi connectivity index (χ4n) is 2.58. The molecule has 1 saturated carbocycles. The van der Waals surface area contributed by atoms with Crippen molar-refractivity contribution in [3.8, 4) is 0 Å². The molecule has 0 saturated heterocycles. The molecule has 6 heteroatoms. The smallest absolute Gasteiger partial charge is 0.290 e. The van der Waals surface area contributed by atoms with Crippen LogP contribution in [0.3, 0.4) is 0 Å². The summed E-state index contributed by atoms with van der Waals surface area (Å²) < 4.78 is 0. The van der Waals surface area contributed by atoms with Crippen molar-refractivity contribution in [2.24, 2.45) is 5.92 Å². The van der Waals surface area contributed by atoms with Gasteiger partial charge >= 0.3 is 0 Å². The molecule has 0 radical (unpaired) electrons. The van der Waals surface area contributed by atoms with Crippen molar-refractivity contribution in [3.63, 3.8) is 0 Å². The highest BCUT2D eigenvalue weighted by Crippen LogP contribution is 2.32. The number of aryl methyl sites for hydroxylation is 1. The quantitative estimate of drug-likeness (QED) is 0.653. The van der Waals surface area contributed by atoms with E-state index in [1.807, 2.05) is 0 Å².